The second-order valence-electron chi connectivity index (χ2n) is 7.11. The van der Waals surface area contributed by atoms with Crippen molar-refractivity contribution < 1.29 is 9.21 Å². The molecule has 0 spiro atoms. The molecule has 1 aliphatic rings. The van der Waals surface area contributed by atoms with Crippen molar-refractivity contribution in [1.82, 2.24) is 19.3 Å². The van der Waals surface area contributed by atoms with E-state index in [9.17, 15) is 4.79 Å². The molecular formula is C19H21N5O2S. The van der Waals surface area contributed by atoms with Crippen molar-refractivity contribution in [2.24, 2.45) is 5.92 Å². The lowest BCUT2D eigenvalue weighted by Gasteiger charge is -2.15. The molecule has 3 heterocycles. The summed E-state index contributed by atoms with van der Waals surface area (Å²) in [7, 11) is 0. The molecule has 0 aliphatic heterocycles. The van der Waals surface area contributed by atoms with E-state index in [0.717, 1.165) is 18.6 Å². The first-order valence-electron chi connectivity index (χ1n) is 9.01. The third-order valence-electron chi connectivity index (χ3n) is 4.45. The van der Waals surface area contributed by atoms with E-state index in [1.54, 1.807) is 18.3 Å². The predicted octanol–water partition coefficient (Wildman–Crippen LogP) is 4.50. The molecule has 8 heteroatoms. The summed E-state index contributed by atoms with van der Waals surface area (Å²) < 4.78 is 7.22. The van der Waals surface area contributed by atoms with Crippen LogP contribution in [-0.2, 0) is 0 Å². The van der Waals surface area contributed by atoms with E-state index in [-0.39, 0.29) is 6.03 Å². The third-order valence-corrected chi connectivity index (χ3v) is 4.80. The highest BCUT2D eigenvalue weighted by Crippen LogP contribution is 2.30. The molecule has 1 aliphatic carbocycles. The Morgan fingerprint density at radius 2 is 2.11 bits per heavy atom. The van der Waals surface area contributed by atoms with E-state index < -0.39 is 0 Å². The number of carbonyl (C=O) groups excluding carboxylic acids is 1. The lowest BCUT2D eigenvalue weighted by Crippen LogP contribution is -2.29. The monoisotopic (exact) mass is 383 g/mol. The lowest BCUT2D eigenvalue weighted by atomic mass is 10.2. The maximum atomic E-state index is 12.2. The minimum absolute atomic E-state index is 0.297. The van der Waals surface area contributed by atoms with Gasteiger partial charge in [-0.15, -0.1) is 0 Å². The predicted molar refractivity (Wildman–Crippen MR) is 107 cm³/mol. The van der Waals surface area contributed by atoms with Crippen LogP contribution in [0.3, 0.4) is 0 Å². The Morgan fingerprint density at radius 1 is 1.30 bits per heavy atom. The quantitative estimate of drug-likeness (QED) is 0.634. The maximum Gasteiger partial charge on any atom is 0.332 e. The van der Waals surface area contributed by atoms with Gasteiger partial charge in [-0.1, -0.05) is 26.7 Å². The largest absolute Gasteiger partial charge is 0.459 e. The molecular weight excluding hydrogens is 362 g/mol. The number of nitrogens with one attached hydrogen (secondary N) is 1. The minimum Gasteiger partial charge on any atom is -0.459 e. The first kappa shape index (κ1) is 17.8. The van der Waals surface area contributed by atoms with Gasteiger partial charge in [0.2, 0.25) is 0 Å². The van der Waals surface area contributed by atoms with E-state index in [2.05, 4.69) is 46.9 Å². The van der Waals surface area contributed by atoms with Crippen LogP contribution in [0.1, 0.15) is 38.4 Å². The summed E-state index contributed by atoms with van der Waals surface area (Å²) >= 11 is 4.24. The molecule has 0 aromatic carbocycles. The highest BCUT2D eigenvalue weighted by atomic mass is 32.1. The number of aromatic nitrogens is 3. The summed E-state index contributed by atoms with van der Waals surface area (Å²) in [5.74, 6) is 2.82. The Bertz CT molecular complexity index is 983. The Hall–Kier alpha value is -2.61. The Balaban J connectivity index is 1.55. The van der Waals surface area contributed by atoms with Crippen LogP contribution in [0.25, 0.3) is 22.6 Å². The molecule has 7 nitrogen and oxygen atoms in total. The van der Waals surface area contributed by atoms with Gasteiger partial charge in [-0.05, 0) is 43.0 Å². The van der Waals surface area contributed by atoms with Crippen molar-refractivity contribution in [3.63, 3.8) is 0 Å². The fourth-order valence-electron chi connectivity index (χ4n) is 2.69. The summed E-state index contributed by atoms with van der Waals surface area (Å²) in [5, 5.41) is 2.75. The van der Waals surface area contributed by atoms with Crippen LogP contribution in [0.4, 0.5) is 10.6 Å². The fraction of sp³-hybridized carbons (Fsp3) is 0.368. The number of thiol groups is 1. The number of rotatable bonds is 5. The van der Waals surface area contributed by atoms with Crippen LogP contribution in [0, 0.1) is 5.92 Å². The molecule has 1 N–H and O–H groups in total. The van der Waals surface area contributed by atoms with Gasteiger partial charge in [0.1, 0.15) is 22.8 Å². The van der Waals surface area contributed by atoms with Gasteiger partial charge < -0.3 is 4.42 Å². The lowest BCUT2D eigenvalue weighted by molar-refractivity contribution is 0.238. The van der Waals surface area contributed by atoms with Crippen molar-refractivity contribution in [2.75, 3.05) is 11.9 Å². The van der Waals surface area contributed by atoms with Crippen molar-refractivity contribution in [3.8, 4) is 11.5 Å². The average molecular weight is 383 g/mol. The van der Waals surface area contributed by atoms with Crippen LogP contribution in [0.5, 0.6) is 0 Å². The van der Waals surface area contributed by atoms with Gasteiger partial charge in [0, 0.05) is 12.5 Å². The van der Waals surface area contributed by atoms with Crippen LogP contribution in [0.15, 0.2) is 34.9 Å². The zero-order valence-electron chi connectivity index (χ0n) is 15.2. The summed E-state index contributed by atoms with van der Waals surface area (Å²) in [6.07, 6.45) is 3.97. The zero-order chi connectivity index (χ0) is 19.0. The molecule has 3 aromatic rings. The standard InChI is InChI=1S/C19H21N5O2S/c1-11(2)15-6-7-16(26-15)14-9-20-13-5-8-17(22-18(13)21-14)23-19(25)24(27)10-12-3-4-12/h5-9,11-12,27H,3-4,10H2,1-2H3,(H,21,22,23,25). The van der Waals surface area contributed by atoms with Gasteiger partial charge >= 0.3 is 6.03 Å². The fourth-order valence-corrected chi connectivity index (χ4v) is 2.97. The van der Waals surface area contributed by atoms with E-state index in [1.165, 1.54) is 4.31 Å². The highest BCUT2D eigenvalue weighted by Gasteiger charge is 2.25. The van der Waals surface area contributed by atoms with Gasteiger partial charge in [-0.3, -0.25) is 14.6 Å². The topological polar surface area (TPSA) is 84.2 Å². The smallest absolute Gasteiger partial charge is 0.332 e. The summed E-state index contributed by atoms with van der Waals surface area (Å²) in [5.41, 5.74) is 1.70. The van der Waals surface area contributed by atoms with Crippen LogP contribution < -0.4 is 5.32 Å². The molecule has 0 atom stereocenters. The molecule has 0 radical (unpaired) electrons. The van der Waals surface area contributed by atoms with Gasteiger partial charge in [0.05, 0.1) is 6.20 Å². The number of nitrogens with zero attached hydrogens (tertiary/aromatic N) is 4. The van der Waals surface area contributed by atoms with Gasteiger partial charge in [-0.25, -0.2) is 14.8 Å². The van der Waals surface area contributed by atoms with E-state index in [1.807, 2.05) is 12.1 Å². The molecule has 140 valence electrons. The number of hydrogen-bond donors (Lipinski definition) is 2. The number of anilines is 1. The van der Waals surface area contributed by atoms with E-state index in [4.69, 9.17) is 4.42 Å². The Morgan fingerprint density at radius 3 is 2.81 bits per heavy atom. The molecule has 0 saturated heterocycles. The van der Waals surface area contributed by atoms with Crippen molar-refractivity contribution in [3.05, 3.63) is 36.2 Å². The van der Waals surface area contributed by atoms with Crippen molar-refractivity contribution in [1.29, 1.82) is 0 Å². The van der Waals surface area contributed by atoms with E-state index in [0.29, 0.717) is 46.8 Å². The second-order valence-corrected chi connectivity index (χ2v) is 7.59. The molecule has 1 fully saturated rings. The number of pyridine rings is 1. The maximum absolute atomic E-state index is 12.2. The number of furan rings is 1. The third kappa shape index (κ3) is 4.05. The minimum atomic E-state index is -0.297. The van der Waals surface area contributed by atoms with Gasteiger partial charge in [0.15, 0.2) is 11.4 Å². The number of urea groups is 1. The van der Waals surface area contributed by atoms with Crippen molar-refractivity contribution >= 4 is 35.8 Å². The second kappa shape index (κ2) is 7.19. The molecule has 27 heavy (non-hydrogen) atoms. The van der Waals surface area contributed by atoms with E-state index >= 15 is 0 Å². The Kier molecular flexibility index (Phi) is 4.73. The molecule has 3 aromatic heterocycles. The summed E-state index contributed by atoms with van der Waals surface area (Å²) in [6, 6.07) is 7.01. The van der Waals surface area contributed by atoms with Crippen LogP contribution in [-0.4, -0.2) is 31.8 Å². The molecule has 1 saturated carbocycles. The molecule has 2 amide bonds. The number of fused-ring (bicyclic) bond motifs is 1. The SMILES string of the molecule is CC(C)c1ccc(-c2cnc3ccc(NC(=O)N(S)CC4CC4)nc3n2)o1. The highest BCUT2D eigenvalue weighted by molar-refractivity contribution is 7.78. The zero-order valence-corrected chi connectivity index (χ0v) is 16.1. The summed E-state index contributed by atoms with van der Waals surface area (Å²) in [6.45, 7) is 4.78. The normalized spacial score (nSPS) is 13.9. The Labute approximate surface area is 162 Å². The van der Waals surface area contributed by atoms with Gasteiger partial charge in [-0.2, -0.15) is 0 Å². The molecule has 0 unspecified atom stereocenters. The van der Waals surface area contributed by atoms with Crippen LogP contribution >= 0.6 is 12.8 Å². The number of carbonyl (C=O) groups is 1. The summed E-state index contributed by atoms with van der Waals surface area (Å²) in [4.78, 5) is 25.6. The van der Waals surface area contributed by atoms with Crippen molar-refractivity contribution in [2.45, 2.75) is 32.6 Å². The van der Waals surface area contributed by atoms with Crippen LogP contribution in [0.2, 0.25) is 0 Å². The molecule has 4 rings (SSSR count). The number of hydrogen-bond acceptors (Lipinski definition) is 6. The number of amides is 2. The first-order valence-corrected chi connectivity index (χ1v) is 9.41. The molecule has 0 bridgehead atoms. The van der Waals surface area contributed by atoms with Gasteiger partial charge in [0.25, 0.3) is 0 Å². The first-order chi connectivity index (χ1) is 13.0. The average Bonchev–Trinajstić information content (AvgIpc) is 3.32.